The van der Waals surface area contributed by atoms with Gasteiger partial charge in [-0.2, -0.15) is 0 Å². The number of hydrogen-bond donors (Lipinski definition) is 0. The molecule has 3 rings (SSSR count). The minimum atomic E-state index is -1.31. The minimum Gasteiger partial charge on any atom is -0.459 e. The summed E-state index contributed by atoms with van der Waals surface area (Å²) in [5, 5.41) is 1.83. The van der Waals surface area contributed by atoms with Gasteiger partial charge in [0, 0.05) is 17.9 Å². The molecule has 0 saturated heterocycles. The third kappa shape index (κ3) is 7.01. The van der Waals surface area contributed by atoms with Gasteiger partial charge in [0.25, 0.3) is 0 Å². The van der Waals surface area contributed by atoms with Gasteiger partial charge in [0.05, 0.1) is 0 Å². The van der Waals surface area contributed by atoms with Crippen LogP contribution >= 0.6 is 0 Å². The maximum absolute atomic E-state index is 13.5. The summed E-state index contributed by atoms with van der Waals surface area (Å²) in [4.78, 5) is 40.4. The van der Waals surface area contributed by atoms with Crippen molar-refractivity contribution in [1.82, 2.24) is 0 Å². The number of fused-ring (bicyclic) bond motifs is 1. The highest BCUT2D eigenvalue weighted by molar-refractivity contribution is 6.01. The third-order valence-electron chi connectivity index (χ3n) is 5.45. The van der Waals surface area contributed by atoms with Crippen molar-refractivity contribution >= 4 is 28.5 Å². The van der Waals surface area contributed by atoms with E-state index in [0.29, 0.717) is 5.56 Å². The summed E-state index contributed by atoms with van der Waals surface area (Å²) < 4.78 is 11.4. The lowest BCUT2D eigenvalue weighted by Gasteiger charge is -2.31. The van der Waals surface area contributed by atoms with Crippen LogP contribution in [0.2, 0.25) is 0 Å². The standard InChI is InChI=1S/C30H34O5/c1-29(2,3)34-27(32)26(28(33)35-30(4,5)6)24(19-25(31)21-14-8-7-9-15-21)23-18-12-16-20-13-10-11-17-22(20)23/h7-18,24,26H,19H2,1-6H3. The van der Waals surface area contributed by atoms with Crippen molar-refractivity contribution in [2.45, 2.75) is 65.1 Å². The number of rotatable bonds is 7. The number of benzene rings is 3. The van der Waals surface area contributed by atoms with Crippen molar-refractivity contribution in [3.05, 3.63) is 83.9 Å². The van der Waals surface area contributed by atoms with E-state index < -0.39 is 35.0 Å². The largest absolute Gasteiger partial charge is 0.459 e. The van der Waals surface area contributed by atoms with Crippen molar-refractivity contribution < 1.29 is 23.9 Å². The Morgan fingerprint density at radius 3 is 1.77 bits per heavy atom. The Morgan fingerprint density at radius 2 is 1.20 bits per heavy atom. The highest BCUT2D eigenvalue weighted by Gasteiger charge is 2.43. The van der Waals surface area contributed by atoms with Crippen LogP contribution in [-0.2, 0) is 19.1 Å². The molecule has 0 aliphatic rings. The van der Waals surface area contributed by atoms with Gasteiger partial charge in [-0.25, -0.2) is 0 Å². The van der Waals surface area contributed by atoms with Gasteiger partial charge in [0.15, 0.2) is 11.7 Å². The molecule has 0 radical (unpaired) electrons. The van der Waals surface area contributed by atoms with Gasteiger partial charge in [-0.15, -0.1) is 0 Å². The van der Waals surface area contributed by atoms with Crippen molar-refractivity contribution in [3.8, 4) is 0 Å². The molecule has 0 spiro atoms. The van der Waals surface area contributed by atoms with Gasteiger partial charge >= 0.3 is 11.9 Å². The maximum Gasteiger partial charge on any atom is 0.321 e. The predicted octanol–water partition coefficient (Wildman–Crippen LogP) is 6.50. The molecule has 0 bridgehead atoms. The molecule has 0 fully saturated rings. The summed E-state index contributed by atoms with van der Waals surface area (Å²) in [5.74, 6) is -3.66. The van der Waals surface area contributed by atoms with Crippen LogP contribution in [0.15, 0.2) is 72.8 Å². The van der Waals surface area contributed by atoms with Crippen LogP contribution in [0.4, 0.5) is 0 Å². The van der Waals surface area contributed by atoms with E-state index >= 15 is 0 Å². The lowest BCUT2D eigenvalue weighted by molar-refractivity contribution is -0.175. The van der Waals surface area contributed by atoms with Crippen LogP contribution in [0.1, 0.15) is 69.8 Å². The molecule has 1 unspecified atom stereocenters. The first-order valence-corrected chi connectivity index (χ1v) is 11.9. The molecule has 5 nitrogen and oxygen atoms in total. The summed E-state index contributed by atoms with van der Waals surface area (Å²) >= 11 is 0. The smallest absolute Gasteiger partial charge is 0.321 e. The molecule has 1 atom stereocenters. The van der Waals surface area contributed by atoms with Gasteiger partial charge in [-0.3, -0.25) is 14.4 Å². The molecule has 0 saturated carbocycles. The molecular weight excluding hydrogens is 440 g/mol. The molecule has 0 amide bonds. The summed E-state index contributed by atoms with van der Waals surface area (Å²) in [7, 11) is 0. The SMILES string of the molecule is CC(C)(C)OC(=O)C(C(=O)OC(C)(C)C)C(CC(=O)c1ccccc1)c1cccc2ccccc12. The Hall–Kier alpha value is -3.47. The summed E-state index contributed by atoms with van der Waals surface area (Å²) in [6.07, 6.45) is -0.0544. The van der Waals surface area contributed by atoms with Gasteiger partial charge in [0.2, 0.25) is 0 Å². The number of ether oxygens (including phenoxy) is 2. The molecule has 3 aromatic rings. The topological polar surface area (TPSA) is 69.7 Å². The molecule has 0 aliphatic carbocycles. The highest BCUT2D eigenvalue weighted by Crippen LogP contribution is 2.37. The van der Waals surface area contributed by atoms with Gasteiger partial charge < -0.3 is 9.47 Å². The van der Waals surface area contributed by atoms with Gasteiger partial charge in [0.1, 0.15) is 11.2 Å². The highest BCUT2D eigenvalue weighted by atomic mass is 16.6. The summed E-state index contributed by atoms with van der Waals surface area (Å²) in [6.45, 7) is 10.5. The Bertz CT molecular complexity index is 1170. The molecule has 184 valence electrons. The Balaban J connectivity index is 2.17. The quantitative estimate of drug-likeness (QED) is 0.222. The van der Waals surface area contributed by atoms with Crippen molar-refractivity contribution in [1.29, 1.82) is 0 Å². The molecule has 3 aromatic carbocycles. The fourth-order valence-corrected chi connectivity index (χ4v) is 4.08. The molecule has 5 heteroatoms. The second kappa shape index (κ2) is 10.4. The molecule has 0 N–H and O–H groups in total. The average Bonchev–Trinajstić information content (AvgIpc) is 2.76. The first kappa shape index (κ1) is 26.1. The van der Waals surface area contributed by atoms with Gasteiger partial charge in [-0.1, -0.05) is 72.8 Å². The molecule has 0 aliphatic heterocycles. The van der Waals surface area contributed by atoms with Crippen LogP contribution in [0, 0.1) is 5.92 Å². The fourth-order valence-electron chi connectivity index (χ4n) is 4.08. The molecule has 0 heterocycles. The fraction of sp³-hybridized carbons (Fsp3) is 0.367. The van der Waals surface area contributed by atoms with Crippen LogP contribution in [-0.4, -0.2) is 28.9 Å². The number of Topliss-reactive ketones (excluding diaryl/α,β-unsaturated/α-hetero) is 1. The Morgan fingerprint density at radius 1 is 0.686 bits per heavy atom. The first-order chi connectivity index (χ1) is 16.4. The summed E-state index contributed by atoms with van der Waals surface area (Å²) in [5.41, 5.74) is -0.382. The molecular formula is C30H34O5. The van der Waals surface area contributed by atoms with Crippen LogP contribution in [0.3, 0.4) is 0 Å². The van der Waals surface area contributed by atoms with E-state index in [1.165, 1.54) is 0 Å². The van der Waals surface area contributed by atoms with Crippen molar-refractivity contribution in [3.63, 3.8) is 0 Å². The number of ketones is 1. The number of carbonyl (C=O) groups is 3. The molecule has 0 aromatic heterocycles. The van der Waals surface area contributed by atoms with Crippen molar-refractivity contribution in [2.24, 2.45) is 5.92 Å². The monoisotopic (exact) mass is 474 g/mol. The van der Waals surface area contributed by atoms with Crippen LogP contribution < -0.4 is 0 Å². The zero-order valence-electron chi connectivity index (χ0n) is 21.3. The van der Waals surface area contributed by atoms with E-state index in [9.17, 15) is 14.4 Å². The Kier molecular flexibility index (Phi) is 7.79. The zero-order chi connectivity index (χ0) is 25.8. The van der Waals surface area contributed by atoms with E-state index in [1.807, 2.05) is 48.5 Å². The number of hydrogen-bond acceptors (Lipinski definition) is 5. The van der Waals surface area contributed by atoms with Gasteiger partial charge in [-0.05, 0) is 57.9 Å². The van der Waals surface area contributed by atoms with Crippen LogP contribution in [0.25, 0.3) is 10.8 Å². The normalized spacial score (nSPS) is 12.9. The minimum absolute atomic E-state index is 0.0544. The number of carbonyl (C=O) groups excluding carboxylic acids is 3. The van der Waals surface area contributed by atoms with Crippen LogP contribution in [0.5, 0.6) is 0 Å². The summed E-state index contributed by atoms with van der Waals surface area (Å²) in [6, 6.07) is 22.3. The van der Waals surface area contributed by atoms with E-state index in [4.69, 9.17) is 9.47 Å². The Labute approximate surface area is 207 Å². The lowest BCUT2D eigenvalue weighted by Crippen LogP contribution is -2.40. The average molecular weight is 475 g/mol. The van der Waals surface area contributed by atoms with Crippen molar-refractivity contribution in [2.75, 3.05) is 0 Å². The second-order valence-corrected chi connectivity index (χ2v) is 10.7. The third-order valence-corrected chi connectivity index (χ3v) is 5.45. The maximum atomic E-state index is 13.5. The van der Waals surface area contributed by atoms with E-state index in [2.05, 4.69) is 0 Å². The molecule has 35 heavy (non-hydrogen) atoms. The van der Waals surface area contributed by atoms with E-state index in [1.54, 1.807) is 65.8 Å². The second-order valence-electron chi connectivity index (χ2n) is 10.7. The van der Waals surface area contributed by atoms with E-state index in [-0.39, 0.29) is 12.2 Å². The van der Waals surface area contributed by atoms with E-state index in [0.717, 1.165) is 16.3 Å². The number of esters is 2. The zero-order valence-corrected chi connectivity index (χ0v) is 21.3. The first-order valence-electron chi connectivity index (χ1n) is 11.9. The predicted molar refractivity (Wildman–Crippen MR) is 137 cm³/mol. The lowest BCUT2D eigenvalue weighted by atomic mass is 9.79.